The van der Waals surface area contributed by atoms with Crippen LogP contribution in [0.3, 0.4) is 0 Å². The van der Waals surface area contributed by atoms with E-state index in [4.69, 9.17) is 21.1 Å². The Hall–Kier alpha value is -3.23. The molecule has 1 aliphatic heterocycles. The van der Waals surface area contributed by atoms with Gasteiger partial charge in [0.1, 0.15) is 11.5 Å². The largest absolute Gasteiger partial charge is 0.496 e. The van der Waals surface area contributed by atoms with Crippen LogP contribution >= 0.6 is 11.6 Å². The van der Waals surface area contributed by atoms with E-state index in [1.165, 1.54) is 10.4 Å². The van der Waals surface area contributed by atoms with Gasteiger partial charge in [0.2, 0.25) is 0 Å². The van der Waals surface area contributed by atoms with Crippen molar-refractivity contribution in [1.82, 2.24) is 5.32 Å². The summed E-state index contributed by atoms with van der Waals surface area (Å²) in [5, 5.41) is 3.27. The van der Waals surface area contributed by atoms with Gasteiger partial charge in [0.15, 0.2) is 6.10 Å². The number of methoxy groups -OCH3 is 1. The number of rotatable bonds is 6. The second-order valence-corrected chi connectivity index (χ2v) is 10.3. The molecule has 3 aromatic carbocycles. The molecule has 0 unspecified atom stereocenters. The van der Waals surface area contributed by atoms with Crippen molar-refractivity contribution in [2.75, 3.05) is 18.0 Å². The van der Waals surface area contributed by atoms with Crippen LogP contribution < -0.4 is 19.1 Å². The van der Waals surface area contributed by atoms with Crippen molar-refractivity contribution in [2.45, 2.75) is 30.9 Å². The summed E-state index contributed by atoms with van der Waals surface area (Å²) in [4.78, 5) is 13.3. The first-order valence-electron chi connectivity index (χ1n) is 10.7. The number of nitrogens with zero attached hydrogens (tertiary/aromatic N) is 1. The standard InChI is InChI=1S/C25H25ClN2O5S/c1-16-8-11-19(12-9-16)34(30,31)28-15-24(33-23-13-10-18(26)14-21(23)28)25(29)27-17(2)20-6-4-5-7-22(20)32-3/h4-14,17,24H,15H2,1-3H3,(H,27,29)/t17-,24+/m1/s1. The Morgan fingerprint density at radius 3 is 2.56 bits per heavy atom. The molecule has 2 atom stereocenters. The highest BCUT2D eigenvalue weighted by Crippen LogP contribution is 2.39. The van der Waals surface area contributed by atoms with Gasteiger partial charge in [0.25, 0.3) is 15.9 Å². The molecule has 9 heteroatoms. The van der Waals surface area contributed by atoms with E-state index in [1.807, 2.05) is 38.1 Å². The zero-order valence-corrected chi connectivity index (χ0v) is 20.6. The number of amides is 1. The summed E-state index contributed by atoms with van der Waals surface area (Å²) in [6.07, 6.45) is -1.06. The average molecular weight is 501 g/mol. The van der Waals surface area contributed by atoms with E-state index in [1.54, 1.807) is 43.5 Å². The number of carbonyl (C=O) groups excluding carboxylic acids is 1. The van der Waals surface area contributed by atoms with Crippen LogP contribution in [0, 0.1) is 6.92 Å². The third kappa shape index (κ3) is 4.69. The van der Waals surface area contributed by atoms with E-state index in [0.717, 1.165) is 11.1 Å². The minimum Gasteiger partial charge on any atom is -0.496 e. The summed E-state index contributed by atoms with van der Waals surface area (Å²) in [6.45, 7) is 3.50. The first-order valence-corrected chi connectivity index (χ1v) is 12.5. The number of halogens is 1. The molecule has 0 aromatic heterocycles. The van der Waals surface area contributed by atoms with Gasteiger partial charge in [-0.1, -0.05) is 47.5 Å². The molecular formula is C25H25ClN2O5S. The first kappa shape index (κ1) is 23.9. The molecule has 1 amide bonds. The number of hydrogen-bond donors (Lipinski definition) is 1. The third-order valence-corrected chi connectivity index (χ3v) is 7.69. The molecule has 0 saturated heterocycles. The second kappa shape index (κ2) is 9.56. The maximum absolute atomic E-state index is 13.5. The van der Waals surface area contributed by atoms with E-state index in [-0.39, 0.29) is 28.9 Å². The molecule has 1 N–H and O–H groups in total. The number of sulfonamides is 1. The van der Waals surface area contributed by atoms with E-state index < -0.39 is 22.0 Å². The summed E-state index contributed by atoms with van der Waals surface area (Å²) in [7, 11) is -2.41. The average Bonchev–Trinajstić information content (AvgIpc) is 2.83. The third-order valence-electron chi connectivity index (χ3n) is 5.66. The van der Waals surface area contributed by atoms with Gasteiger partial charge in [-0.15, -0.1) is 0 Å². The van der Waals surface area contributed by atoms with Crippen LogP contribution in [0.2, 0.25) is 5.02 Å². The number of para-hydroxylation sites is 1. The lowest BCUT2D eigenvalue weighted by Crippen LogP contribution is -2.51. The van der Waals surface area contributed by atoms with Gasteiger partial charge in [-0.25, -0.2) is 8.42 Å². The summed E-state index contributed by atoms with van der Waals surface area (Å²) in [5.41, 5.74) is 2.02. The molecule has 0 spiro atoms. The molecule has 34 heavy (non-hydrogen) atoms. The number of benzene rings is 3. The maximum atomic E-state index is 13.5. The highest BCUT2D eigenvalue weighted by molar-refractivity contribution is 7.92. The molecule has 4 rings (SSSR count). The van der Waals surface area contributed by atoms with Crippen LogP contribution in [-0.2, 0) is 14.8 Å². The molecule has 0 fully saturated rings. The van der Waals surface area contributed by atoms with Crippen LogP contribution in [0.5, 0.6) is 11.5 Å². The highest BCUT2D eigenvalue weighted by atomic mass is 35.5. The van der Waals surface area contributed by atoms with Gasteiger partial charge in [-0.3, -0.25) is 9.10 Å². The van der Waals surface area contributed by atoms with Gasteiger partial charge in [-0.2, -0.15) is 0 Å². The molecule has 0 radical (unpaired) electrons. The quantitative estimate of drug-likeness (QED) is 0.539. The zero-order valence-electron chi connectivity index (χ0n) is 19.0. The number of hydrogen-bond acceptors (Lipinski definition) is 5. The van der Waals surface area contributed by atoms with Crippen molar-refractivity contribution >= 4 is 33.2 Å². The predicted octanol–water partition coefficient (Wildman–Crippen LogP) is 4.49. The van der Waals surface area contributed by atoms with E-state index >= 15 is 0 Å². The Kier molecular flexibility index (Phi) is 6.72. The van der Waals surface area contributed by atoms with E-state index in [2.05, 4.69) is 5.32 Å². The number of aryl methyl sites for hydroxylation is 1. The van der Waals surface area contributed by atoms with E-state index in [9.17, 15) is 13.2 Å². The fraction of sp³-hybridized carbons (Fsp3) is 0.240. The van der Waals surface area contributed by atoms with Crippen LogP contribution in [-0.4, -0.2) is 34.1 Å². The van der Waals surface area contributed by atoms with Crippen molar-refractivity contribution in [1.29, 1.82) is 0 Å². The second-order valence-electron chi connectivity index (χ2n) is 8.04. The Labute approximate surface area is 204 Å². The van der Waals surface area contributed by atoms with Crippen molar-refractivity contribution in [2.24, 2.45) is 0 Å². The van der Waals surface area contributed by atoms with Crippen molar-refractivity contribution in [3.63, 3.8) is 0 Å². The van der Waals surface area contributed by atoms with Gasteiger partial charge in [0.05, 0.1) is 30.3 Å². The Balaban J connectivity index is 1.65. The molecule has 1 heterocycles. The predicted molar refractivity (Wildman–Crippen MR) is 131 cm³/mol. The van der Waals surface area contributed by atoms with Crippen LogP contribution in [0.15, 0.2) is 71.6 Å². The molecule has 0 saturated carbocycles. The van der Waals surface area contributed by atoms with Crippen molar-refractivity contribution < 1.29 is 22.7 Å². The summed E-state index contributed by atoms with van der Waals surface area (Å²) >= 11 is 6.15. The molecule has 0 bridgehead atoms. The Bertz CT molecular complexity index is 1310. The molecule has 3 aromatic rings. The lowest BCUT2D eigenvalue weighted by Gasteiger charge is -2.35. The molecule has 178 valence electrons. The monoisotopic (exact) mass is 500 g/mol. The number of nitrogens with one attached hydrogen (secondary N) is 1. The Morgan fingerprint density at radius 2 is 1.85 bits per heavy atom. The van der Waals surface area contributed by atoms with E-state index in [0.29, 0.717) is 10.8 Å². The van der Waals surface area contributed by atoms with Crippen LogP contribution in [0.1, 0.15) is 24.1 Å². The molecule has 0 aliphatic carbocycles. The normalized spacial score (nSPS) is 16.2. The number of ether oxygens (including phenoxy) is 2. The van der Waals surface area contributed by atoms with Gasteiger partial charge < -0.3 is 14.8 Å². The van der Waals surface area contributed by atoms with Crippen LogP contribution in [0.4, 0.5) is 5.69 Å². The minimum atomic E-state index is -3.97. The fourth-order valence-electron chi connectivity index (χ4n) is 3.83. The van der Waals surface area contributed by atoms with Gasteiger partial charge >= 0.3 is 0 Å². The highest BCUT2D eigenvalue weighted by Gasteiger charge is 2.38. The van der Waals surface area contributed by atoms with Gasteiger partial charge in [0, 0.05) is 10.6 Å². The maximum Gasteiger partial charge on any atom is 0.264 e. The lowest BCUT2D eigenvalue weighted by molar-refractivity contribution is -0.128. The van der Waals surface area contributed by atoms with Crippen molar-refractivity contribution in [3.8, 4) is 11.5 Å². The summed E-state index contributed by atoms with van der Waals surface area (Å²) < 4.78 is 39.6. The zero-order chi connectivity index (χ0) is 24.5. The van der Waals surface area contributed by atoms with Gasteiger partial charge in [-0.05, 0) is 50.2 Å². The summed E-state index contributed by atoms with van der Waals surface area (Å²) in [5.74, 6) is 0.461. The minimum absolute atomic E-state index is 0.118. The van der Waals surface area contributed by atoms with Crippen LogP contribution in [0.25, 0.3) is 0 Å². The van der Waals surface area contributed by atoms with Crippen molar-refractivity contribution in [3.05, 3.63) is 82.9 Å². The molecular weight excluding hydrogens is 476 g/mol. The first-order chi connectivity index (χ1) is 16.2. The lowest BCUT2D eigenvalue weighted by atomic mass is 10.1. The number of anilines is 1. The molecule has 7 nitrogen and oxygen atoms in total. The topological polar surface area (TPSA) is 84.9 Å². The summed E-state index contributed by atoms with van der Waals surface area (Å²) in [6, 6.07) is 18.2. The Morgan fingerprint density at radius 1 is 1.15 bits per heavy atom. The SMILES string of the molecule is COc1ccccc1[C@@H](C)NC(=O)[C@@H]1CN(S(=O)(=O)c2ccc(C)cc2)c2cc(Cl)ccc2O1. The molecule has 1 aliphatic rings. The number of fused-ring (bicyclic) bond motifs is 1. The fourth-order valence-corrected chi connectivity index (χ4v) is 5.47. The number of carbonyl (C=O) groups is 1. The smallest absolute Gasteiger partial charge is 0.264 e.